The van der Waals surface area contributed by atoms with Gasteiger partial charge in [0, 0.05) is 32.5 Å². The largest absolute Gasteiger partial charge is 0.328 e. The van der Waals surface area contributed by atoms with Crippen molar-refractivity contribution in [3.63, 3.8) is 0 Å². The number of amides is 1. The predicted octanol–water partition coefficient (Wildman–Crippen LogP) is 4.08. The Balaban J connectivity index is 1.82. The van der Waals surface area contributed by atoms with E-state index in [1.807, 2.05) is 11.5 Å². The number of nitrogens with one attached hydrogen (secondary N) is 1. The number of hydrogen-bond acceptors (Lipinski definition) is 4. The fourth-order valence-corrected chi connectivity index (χ4v) is 5.12. The van der Waals surface area contributed by atoms with E-state index in [9.17, 15) is 26.4 Å². The molecule has 2 aromatic carbocycles. The minimum Gasteiger partial charge on any atom is -0.328 e. The minimum atomic E-state index is -3.65. The summed E-state index contributed by atoms with van der Waals surface area (Å²) in [6.07, 6.45) is 0.0874. The zero-order valence-corrected chi connectivity index (χ0v) is 19.3. The number of rotatable bonds is 9. The second-order valence-electron chi connectivity index (χ2n) is 7.28. The van der Waals surface area contributed by atoms with Gasteiger partial charge in [0.15, 0.2) is 17.5 Å². The van der Waals surface area contributed by atoms with Crippen LogP contribution in [0.4, 0.5) is 18.9 Å². The molecule has 0 unspecified atom stereocenters. The van der Waals surface area contributed by atoms with E-state index in [4.69, 9.17) is 0 Å². The van der Waals surface area contributed by atoms with Crippen LogP contribution in [0.3, 0.4) is 0 Å². The normalized spacial score (nSPS) is 12.0. The van der Waals surface area contributed by atoms with Gasteiger partial charge < -0.3 is 9.88 Å². The minimum absolute atomic E-state index is 0.0909. The third kappa shape index (κ3) is 4.88. The van der Waals surface area contributed by atoms with Gasteiger partial charge in [-0.2, -0.15) is 4.31 Å². The number of halogens is 3. The van der Waals surface area contributed by atoms with Crippen LogP contribution < -0.4 is 5.32 Å². The van der Waals surface area contributed by atoms with Crippen LogP contribution in [0.1, 0.15) is 33.0 Å². The van der Waals surface area contributed by atoms with Gasteiger partial charge in [-0.1, -0.05) is 13.8 Å². The lowest BCUT2D eigenvalue weighted by Crippen LogP contribution is -2.30. The number of hydrogen-bond donors (Lipinski definition) is 1. The van der Waals surface area contributed by atoms with Crippen molar-refractivity contribution in [3.8, 4) is 0 Å². The Kier molecular flexibility index (Phi) is 7.43. The lowest BCUT2D eigenvalue weighted by molar-refractivity contribution is -0.116. The highest BCUT2D eigenvalue weighted by Crippen LogP contribution is 2.24. The van der Waals surface area contributed by atoms with E-state index in [1.54, 1.807) is 19.9 Å². The fraction of sp³-hybridized carbons (Fsp3) is 0.364. The quantitative estimate of drug-likeness (QED) is 0.466. The highest BCUT2D eigenvalue weighted by atomic mass is 32.2. The Hall–Kier alpha value is -2.92. The SMILES string of the molecule is CCN(CC)S(=O)(=O)c1ccc2c(c1)nc(CCC(=O)Nc1ccc(F)c(F)c1F)n2CC. The molecule has 33 heavy (non-hydrogen) atoms. The van der Waals surface area contributed by atoms with E-state index in [1.165, 1.54) is 16.4 Å². The van der Waals surface area contributed by atoms with Crippen molar-refractivity contribution >= 4 is 32.7 Å². The first-order valence-corrected chi connectivity index (χ1v) is 12.0. The third-order valence-corrected chi connectivity index (χ3v) is 7.39. The average Bonchev–Trinajstić information content (AvgIpc) is 3.15. The van der Waals surface area contributed by atoms with Gasteiger partial charge >= 0.3 is 0 Å². The van der Waals surface area contributed by atoms with Gasteiger partial charge in [0.25, 0.3) is 0 Å². The Labute approximate surface area is 190 Å². The number of sulfonamides is 1. The molecule has 1 N–H and O–H groups in total. The van der Waals surface area contributed by atoms with Gasteiger partial charge in [-0.25, -0.2) is 26.6 Å². The highest BCUT2D eigenvalue weighted by Gasteiger charge is 2.23. The van der Waals surface area contributed by atoms with Crippen LogP contribution >= 0.6 is 0 Å². The van der Waals surface area contributed by atoms with Gasteiger partial charge in [-0.3, -0.25) is 4.79 Å². The maximum atomic E-state index is 13.8. The number of aryl methyl sites for hydroxylation is 2. The van der Waals surface area contributed by atoms with Crippen molar-refractivity contribution in [1.29, 1.82) is 0 Å². The number of carbonyl (C=O) groups excluding carboxylic acids is 1. The summed E-state index contributed by atoms with van der Waals surface area (Å²) in [6.45, 7) is 6.65. The van der Waals surface area contributed by atoms with Gasteiger partial charge in [-0.15, -0.1) is 0 Å². The summed E-state index contributed by atoms with van der Waals surface area (Å²) in [5, 5.41) is 2.23. The highest BCUT2D eigenvalue weighted by molar-refractivity contribution is 7.89. The predicted molar refractivity (Wildman–Crippen MR) is 119 cm³/mol. The van der Waals surface area contributed by atoms with Crippen molar-refractivity contribution < 1.29 is 26.4 Å². The first kappa shape index (κ1) is 24.7. The van der Waals surface area contributed by atoms with E-state index in [0.29, 0.717) is 31.0 Å². The number of aromatic nitrogens is 2. The first-order chi connectivity index (χ1) is 15.6. The molecule has 0 fully saturated rings. The third-order valence-electron chi connectivity index (χ3n) is 5.34. The Morgan fingerprint density at radius 1 is 1.06 bits per heavy atom. The molecule has 178 valence electrons. The molecule has 1 amide bonds. The zero-order valence-electron chi connectivity index (χ0n) is 18.5. The van der Waals surface area contributed by atoms with Crippen LogP contribution in [-0.4, -0.2) is 41.3 Å². The van der Waals surface area contributed by atoms with Crippen LogP contribution in [0.5, 0.6) is 0 Å². The van der Waals surface area contributed by atoms with Gasteiger partial charge in [0.2, 0.25) is 15.9 Å². The van der Waals surface area contributed by atoms with Crippen molar-refractivity contribution in [2.24, 2.45) is 0 Å². The molecule has 0 aliphatic heterocycles. The number of imidazole rings is 1. The molecule has 1 heterocycles. The fourth-order valence-electron chi connectivity index (χ4n) is 3.64. The number of nitrogens with zero attached hydrogens (tertiary/aromatic N) is 3. The summed E-state index contributed by atoms with van der Waals surface area (Å²) in [5.74, 6) is -4.52. The molecule has 0 saturated carbocycles. The van der Waals surface area contributed by atoms with E-state index in [2.05, 4.69) is 10.3 Å². The molecule has 0 spiro atoms. The summed E-state index contributed by atoms with van der Waals surface area (Å²) in [6, 6.07) is 6.41. The second-order valence-corrected chi connectivity index (χ2v) is 9.22. The average molecular weight is 483 g/mol. The Morgan fingerprint density at radius 3 is 2.39 bits per heavy atom. The molecule has 0 radical (unpaired) electrons. The molecular weight excluding hydrogens is 457 g/mol. The van der Waals surface area contributed by atoms with Crippen LogP contribution in [0, 0.1) is 17.5 Å². The van der Waals surface area contributed by atoms with Crippen LogP contribution in [0.2, 0.25) is 0 Å². The lowest BCUT2D eigenvalue weighted by atomic mass is 10.2. The standard InChI is InChI=1S/C22H25F3N4O3S/c1-4-28(5-2)33(31,32)14-7-10-18-17(13-14)26-19(29(18)6-3)11-12-20(30)27-16-9-8-15(23)21(24)22(16)25/h7-10,13H,4-6,11-12H2,1-3H3,(H,27,30). The number of carbonyl (C=O) groups is 1. The van der Waals surface area contributed by atoms with Crippen LogP contribution in [0.15, 0.2) is 35.2 Å². The molecule has 3 rings (SSSR count). The van der Waals surface area contributed by atoms with Gasteiger partial charge in [0.1, 0.15) is 5.82 Å². The van der Waals surface area contributed by atoms with E-state index < -0.39 is 39.1 Å². The van der Waals surface area contributed by atoms with E-state index in [-0.39, 0.29) is 17.7 Å². The van der Waals surface area contributed by atoms with Crippen molar-refractivity contribution in [1.82, 2.24) is 13.9 Å². The monoisotopic (exact) mass is 482 g/mol. The second kappa shape index (κ2) is 9.92. The Morgan fingerprint density at radius 2 is 1.76 bits per heavy atom. The molecule has 0 saturated heterocycles. The molecular formula is C22H25F3N4O3S. The maximum absolute atomic E-state index is 13.8. The number of fused-ring (bicyclic) bond motifs is 1. The Bertz CT molecular complexity index is 1290. The van der Waals surface area contributed by atoms with E-state index >= 15 is 0 Å². The molecule has 7 nitrogen and oxygen atoms in total. The summed E-state index contributed by atoms with van der Waals surface area (Å²) in [4.78, 5) is 16.9. The molecule has 11 heteroatoms. The smallest absolute Gasteiger partial charge is 0.243 e. The molecule has 0 bridgehead atoms. The number of anilines is 1. The van der Waals surface area contributed by atoms with Crippen LogP contribution in [0.25, 0.3) is 11.0 Å². The maximum Gasteiger partial charge on any atom is 0.243 e. The van der Waals surface area contributed by atoms with Crippen LogP contribution in [-0.2, 0) is 27.8 Å². The topological polar surface area (TPSA) is 84.3 Å². The van der Waals surface area contributed by atoms with Crippen molar-refractivity contribution in [2.75, 3.05) is 18.4 Å². The molecule has 3 aromatic rings. The molecule has 0 aliphatic rings. The molecule has 1 aromatic heterocycles. The molecule has 0 aliphatic carbocycles. The lowest BCUT2D eigenvalue weighted by Gasteiger charge is -2.18. The summed E-state index contributed by atoms with van der Waals surface area (Å²) < 4.78 is 69.1. The van der Waals surface area contributed by atoms with E-state index in [0.717, 1.165) is 17.6 Å². The zero-order chi connectivity index (χ0) is 24.3. The number of benzene rings is 2. The molecule has 0 atom stereocenters. The van der Waals surface area contributed by atoms with Gasteiger partial charge in [-0.05, 0) is 37.3 Å². The van der Waals surface area contributed by atoms with Crippen molar-refractivity contribution in [2.45, 2.75) is 45.1 Å². The van der Waals surface area contributed by atoms with Gasteiger partial charge in [0.05, 0.1) is 21.6 Å². The summed E-state index contributed by atoms with van der Waals surface area (Å²) in [5.41, 5.74) is 0.749. The summed E-state index contributed by atoms with van der Waals surface area (Å²) >= 11 is 0. The van der Waals surface area contributed by atoms with Crippen molar-refractivity contribution in [3.05, 3.63) is 53.6 Å². The summed E-state index contributed by atoms with van der Waals surface area (Å²) in [7, 11) is -3.65. The first-order valence-electron chi connectivity index (χ1n) is 10.6.